The Morgan fingerprint density at radius 3 is 3.15 bits per heavy atom. The second kappa shape index (κ2) is 3.18. The quantitative estimate of drug-likeness (QED) is 0.731. The number of hydrogen-bond acceptors (Lipinski definition) is 2. The molecular weight excluding hydrogens is 164 g/mol. The third-order valence-electron chi connectivity index (χ3n) is 2.29. The number of rotatable bonds is 2. The van der Waals surface area contributed by atoms with Crippen LogP contribution in [0.1, 0.15) is 18.4 Å². The number of H-pyrrole nitrogens is 1. The van der Waals surface area contributed by atoms with Gasteiger partial charge in [0.1, 0.15) is 0 Å². The number of fused-ring (bicyclic) bond motifs is 1. The first-order chi connectivity index (χ1) is 6.31. The summed E-state index contributed by atoms with van der Waals surface area (Å²) in [5.74, 6) is 0.188. The summed E-state index contributed by atoms with van der Waals surface area (Å²) in [6, 6.07) is 6.00. The highest BCUT2D eigenvalue weighted by Crippen LogP contribution is 2.18. The number of aromatic amines is 1. The zero-order valence-corrected chi connectivity index (χ0v) is 7.49. The number of hydrogen-bond donors (Lipinski definition) is 2. The van der Waals surface area contributed by atoms with E-state index in [1.165, 1.54) is 0 Å². The van der Waals surface area contributed by atoms with Crippen LogP contribution in [0.4, 0.5) is 0 Å². The monoisotopic (exact) mass is 176 g/mol. The Morgan fingerprint density at radius 1 is 1.54 bits per heavy atom. The van der Waals surface area contributed by atoms with Gasteiger partial charge in [-0.15, -0.1) is 0 Å². The smallest absolute Gasteiger partial charge is 0.0931 e. The van der Waals surface area contributed by atoms with Crippen molar-refractivity contribution in [3.8, 4) is 0 Å². The van der Waals surface area contributed by atoms with Crippen LogP contribution in [0.25, 0.3) is 11.0 Å². The van der Waals surface area contributed by atoms with Crippen molar-refractivity contribution in [2.75, 3.05) is 6.61 Å². The maximum atomic E-state index is 8.99. The minimum atomic E-state index is 0.180. The molecule has 0 aliphatic carbocycles. The normalized spacial score (nSPS) is 13.4. The molecule has 0 spiro atoms. The lowest BCUT2D eigenvalue weighted by Gasteiger charge is -2.07. The van der Waals surface area contributed by atoms with Gasteiger partial charge in [0, 0.05) is 12.5 Å². The van der Waals surface area contributed by atoms with Gasteiger partial charge < -0.3 is 10.1 Å². The van der Waals surface area contributed by atoms with E-state index in [0.29, 0.717) is 0 Å². The average Bonchev–Trinajstić information content (AvgIpc) is 2.63. The van der Waals surface area contributed by atoms with Gasteiger partial charge in [-0.2, -0.15) is 0 Å². The number of benzene rings is 1. The topological polar surface area (TPSA) is 48.9 Å². The minimum Gasteiger partial charge on any atom is -0.396 e. The predicted molar refractivity (Wildman–Crippen MR) is 51.6 cm³/mol. The van der Waals surface area contributed by atoms with Crippen LogP contribution in [0.3, 0.4) is 0 Å². The van der Waals surface area contributed by atoms with Gasteiger partial charge in [0.05, 0.1) is 17.4 Å². The standard InChI is InChI=1S/C10H12N2O/c1-7(5-13)8-2-3-9-10(4-8)12-6-11-9/h2-4,6-7,13H,5H2,1H3,(H,11,12). The maximum Gasteiger partial charge on any atom is 0.0931 e. The zero-order valence-electron chi connectivity index (χ0n) is 7.49. The molecule has 68 valence electrons. The van der Waals surface area contributed by atoms with Gasteiger partial charge in [-0.25, -0.2) is 4.98 Å². The molecule has 0 aliphatic heterocycles. The fraction of sp³-hybridized carbons (Fsp3) is 0.300. The molecule has 3 nitrogen and oxygen atoms in total. The van der Waals surface area contributed by atoms with Crippen LogP contribution in [0.5, 0.6) is 0 Å². The molecular formula is C10H12N2O. The molecule has 2 rings (SSSR count). The summed E-state index contributed by atoms with van der Waals surface area (Å²) in [6.07, 6.45) is 1.68. The minimum absolute atomic E-state index is 0.180. The molecule has 0 saturated heterocycles. The molecule has 0 saturated carbocycles. The number of aromatic nitrogens is 2. The van der Waals surface area contributed by atoms with Crippen molar-refractivity contribution in [3.63, 3.8) is 0 Å². The maximum absolute atomic E-state index is 8.99. The molecule has 2 N–H and O–H groups in total. The van der Waals surface area contributed by atoms with Crippen molar-refractivity contribution in [2.45, 2.75) is 12.8 Å². The van der Waals surface area contributed by atoms with Gasteiger partial charge in [0.2, 0.25) is 0 Å². The van der Waals surface area contributed by atoms with Gasteiger partial charge in [-0.3, -0.25) is 0 Å². The first kappa shape index (κ1) is 8.26. The van der Waals surface area contributed by atoms with Crippen molar-refractivity contribution in [2.24, 2.45) is 0 Å². The van der Waals surface area contributed by atoms with Crippen molar-refractivity contribution in [1.29, 1.82) is 0 Å². The third-order valence-corrected chi connectivity index (χ3v) is 2.29. The van der Waals surface area contributed by atoms with Crippen LogP contribution < -0.4 is 0 Å². The van der Waals surface area contributed by atoms with Gasteiger partial charge in [-0.1, -0.05) is 13.0 Å². The molecule has 0 amide bonds. The predicted octanol–water partition coefficient (Wildman–Crippen LogP) is 1.66. The molecule has 0 bridgehead atoms. The first-order valence-electron chi connectivity index (χ1n) is 4.35. The van der Waals surface area contributed by atoms with Gasteiger partial charge in [0.15, 0.2) is 0 Å². The molecule has 1 heterocycles. The fourth-order valence-electron chi connectivity index (χ4n) is 1.37. The third kappa shape index (κ3) is 1.42. The number of nitrogens with zero attached hydrogens (tertiary/aromatic N) is 1. The molecule has 1 aromatic carbocycles. The first-order valence-corrected chi connectivity index (χ1v) is 4.35. The number of imidazole rings is 1. The number of aliphatic hydroxyl groups excluding tert-OH is 1. The van der Waals surface area contributed by atoms with Gasteiger partial charge in [-0.05, 0) is 17.7 Å². The largest absolute Gasteiger partial charge is 0.396 e. The van der Waals surface area contributed by atoms with Crippen LogP contribution in [0.2, 0.25) is 0 Å². The fourth-order valence-corrected chi connectivity index (χ4v) is 1.37. The van der Waals surface area contributed by atoms with E-state index in [4.69, 9.17) is 5.11 Å². The molecule has 1 aromatic heterocycles. The summed E-state index contributed by atoms with van der Waals surface area (Å²) in [4.78, 5) is 7.17. The van der Waals surface area contributed by atoms with Crippen LogP contribution in [0.15, 0.2) is 24.5 Å². The molecule has 3 heteroatoms. The van der Waals surface area contributed by atoms with E-state index in [2.05, 4.69) is 9.97 Å². The summed E-state index contributed by atoms with van der Waals surface area (Å²) in [6.45, 7) is 2.18. The Kier molecular flexibility index (Phi) is 2.02. The molecule has 2 aromatic rings. The Bertz CT molecular complexity index is 408. The Labute approximate surface area is 76.4 Å². The van der Waals surface area contributed by atoms with Gasteiger partial charge >= 0.3 is 0 Å². The van der Waals surface area contributed by atoms with E-state index in [-0.39, 0.29) is 12.5 Å². The summed E-state index contributed by atoms with van der Waals surface area (Å²) >= 11 is 0. The summed E-state index contributed by atoms with van der Waals surface area (Å²) in [5.41, 5.74) is 3.13. The van der Waals surface area contributed by atoms with Crippen molar-refractivity contribution < 1.29 is 5.11 Å². The molecule has 1 atom stereocenters. The Hall–Kier alpha value is -1.35. The molecule has 13 heavy (non-hydrogen) atoms. The van der Waals surface area contributed by atoms with Gasteiger partial charge in [0.25, 0.3) is 0 Å². The van der Waals surface area contributed by atoms with E-state index in [9.17, 15) is 0 Å². The molecule has 0 fully saturated rings. The Balaban J connectivity index is 2.48. The summed E-state index contributed by atoms with van der Waals surface area (Å²) in [5, 5.41) is 8.99. The lowest BCUT2D eigenvalue weighted by atomic mass is 10.0. The van der Waals surface area contributed by atoms with E-state index < -0.39 is 0 Å². The number of aliphatic hydroxyl groups is 1. The summed E-state index contributed by atoms with van der Waals surface area (Å²) in [7, 11) is 0. The van der Waals surface area contributed by atoms with E-state index >= 15 is 0 Å². The average molecular weight is 176 g/mol. The highest BCUT2D eigenvalue weighted by Gasteiger charge is 2.04. The molecule has 0 aliphatic rings. The van der Waals surface area contributed by atoms with E-state index in [0.717, 1.165) is 16.6 Å². The van der Waals surface area contributed by atoms with Crippen LogP contribution in [0, 0.1) is 0 Å². The van der Waals surface area contributed by atoms with Crippen LogP contribution in [-0.4, -0.2) is 21.7 Å². The lowest BCUT2D eigenvalue weighted by Crippen LogP contribution is -1.98. The Morgan fingerprint density at radius 2 is 2.38 bits per heavy atom. The van der Waals surface area contributed by atoms with Crippen molar-refractivity contribution >= 4 is 11.0 Å². The zero-order chi connectivity index (χ0) is 9.26. The second-order valence-corrected chi connectivity index (χ2v) is 3.26. The van der Waals surface area contributed by atoms with Crippen molar-refractivity contribution in [3.05, 3.63) is 30.1 Å². The van der Waals surface area contributed by atoms with Crippen LogP contribution in [-0.2, 0) is 0 Å². The van der Waals surface area contributed by atoms with E-state index in [1.807, 2.05) is 25.1 Å². The SMILES string of the molecule is CC(CO)c1ccc2nc[nH]c2c1. The summed E-state index contributed by atoms with van der Waals surface area (Å²) < 4.78 is 0. The second-order valence-electron chi connectivity index (χ2n) is 3.26. The van der Waals surface area contributed by atoms with Crippen molar-refractivity contribution in [1.82, 2.24) is 9.97 Å². The molecule has 1 unspecified atom stereocenters. The lowest BCUT2D eigenvalue weighted by molar-refractivity contribution is 0.273. The highest BCUT2D eigenvalue weighted by atomic mass is 16.3. The molecule has 0 radical (unpaired) electrons. The highest BCUT2D eigenvalue weighted by molar-refractivity contribution is 5.75. The van der Waals surface area contributed by atoms with E-state index in [1.54, 1.807) is 6.33 Å². The van der Waals surface area contributed by atoms with Crippen LogP contribution >= 0.6 is 0 Å². The number of nitrogens with one attached hydrogen (secondary N) is 1.